The molecule has 2 atom stereocenters. The average molecular weight is 332 g/mol. The normalized spacial score (nSPS) is 23.2. The summed E-state index contributed by atoms with van der Waals surface area (Å²) in [7, 11) is 0. The van der Waals surface area contributed by atoms with Crippen LogP contribution in [0.5, 0.6) is 0 Å². The Hall–Kier alpha value is -0.720. The second-order valence-electron chi connectivity index (χ2n) is 4.16. The molecule has 2 unspecified atom stereocenters. The van der Waals surface area contributed by atoms with Crippen LogP contribution < -0.4 is 5.73 Å². The highest BCUT2D eigenvalue weighted by molar-refractivity contribution is 9.10. The van der Waals surface area contributed by atoms with Gasteiger partial charge in [0.2, 0.25) is 0 Å². The molecule has 0 aromatic heterocycles. The summed E-state index contributed by atoms with van der Waals surface area (Å²) in [5.74, 6) is -0.138. The molecule has 1 aromatic rings. The first-order valence-electron chi connectivity index (χ1n) is 5.62. The van der Waals surface area contributed by atoms with Crippen LogP contribution in [0, 0.1) is 0 Å². The van der Waals surface area contributed by atoms with Crippen LogP contribution in [0.4, 0.5) is 5.69 Å². The predicted octanol–water partition coefficient (Wildman–Crippen LogP) is 2.76. The van der Waals surface area contributed by atoms with Crippen molar-refractivity contribution in [3.63, 3.8) is 0 Å². The maximum atomic E-state index is 10.8. The molecule has 0 spiro atoms. The zero-order chi connectivity index (χ0) is 13.1. The molecule has 1 aliphatic heterocycles. The van der Waals surface area contributed by atoms with Crippen molar-refractivity contribution in [3.8, 4) is 0 Å². The van der Waals surface area contributed by atoms with E-state index in [1.54, 1.807) is 11.8 Å². The molecule has 1 heterocycles. The number of anilines is 1. The van der Waals surface area contributed by atoms with Crippen molar-refractivity contribution >= 4 is 39.3 Å². The van der Waals surface area contributed by atoms with E-state index in [2.05, 4.69) is 15.9 Å². The number of carboxylic acid groups (broad SMARTS) is 1. The second kappa shape index (κ2) is 5.95. The van der Waals surface area contributed by atoms with E-state index >= 15 is 0 Å². The summed E-state index contributed by atoms with van der Waals surface area (Å²) >= 11 is 4.96. The molecule has 0 radical (unpaired) electrons. The number of halogens is 1. The quantitative estimate of drug-likeness (QED) is 0.655. The smallest absolute Gasteiger partial charge is 0.332 e. The van der Waals surface area contributed by atoms with Crippen LogP contribution in [-0.4, -0.2) is 29.0 Å². The fraction of sp³-hybridized carbons (Fsp3) is 0.417. The third-order valence-electron chi connectivity index (χ3n) is 2.78. The Kier molecular flexibility index (Phi) is 4.53. The molecule has 1 saturated heterocycles. The monoisotopic (exact) mass is 331 g/mol. The van der Waals surface area contributed by atoms with Crippen LogP contribution in [0.3, 0.4) is 0 Å². The van der Waals surface area contributed by atoms with Gasteiger partial charge in [0.1, 0.15) is 0 Å². The van der Waals surface area contributed by atoms with Crippen LogP contribution >= 0.6 is 27.7 Å². The van der Waals surface area contributed by atoms with E-state index in [0.29, 0.717) is 6.42 Å². The third kappa shape index (κ3) is 3.40. The van der Waals surface area contributed by atoms with Gasteiger partial charge in [0.25, 0.3) is 0 Å². The molecule has 0 aliphatic carbocycles. The van der Waals surface area contributed by atoms with Crippen molar-refractivity contribution in [2.75, 3.05) is 11.5 Å². The lowest BCUT2D eigenvalue weighted by molar-refractivity contribution is -0.148. The number of rotatable bonds is 4. The van der Waals surface area contributed by atoms with Crippen molar-refractivity contribution < 1.29 is 14.6 Å². The van der Waals surface area contributed by atoms with Crippen molar-refractivity contribution in [1.82, 2.24) is 0 Å². The summed E-state index contributed by atoms with van der Waals surface area (Å²) in [4.78, 5) is 11.8. The number of nitrogen functional groups attached to an aromatic ring is 1. The zero-order valence-electron chi connectivity index (χ0n) is 9.64. The van der Waals surface area contributed by atoms with Gasteiger partial charge in [-0.05, 0) is 31.0 Å². The number of aliphatic carboxylic acids is 1. The lowest BCUT2D eigenvalue weighted by Gasteiger charge is -2.11. The maximum Gasteiger partial charge on any atom is 0.332 e. The number of carboxylic acids is 1. The van der Waals surface area contributed by atoms with Gasteiger partial charge < -0.3 is 15.6 Å². The fourth-order valence-electron chi connectivity index (χ4n) is 1.84. The summed E-state index contributed by atoms with van der Waals surface area (Å²) in [6.07, 6.45) is 0.744. The number of hydrogen-bond donors (Lipinski definition) is 2. The van der Waals surface area contributed by atoms with Gasteiger partial charge in [-0.25, -0.2) is 4.79 Å². The van der Waals surface area contributed by atoms with Gasteiger partial charge >= 0.3 is 5.97 Å². The standard InChI is InChI=1S/C12H14BrNO3S/c13-7-1-4-11(9(14)5-7)18-6-8-2-3-10(17-8)12(15)16/h1,4-5,8,10H,2-3,6,14H2,(H,15,16). The molecule has 6 heteroatoms. The minimum atomic E-state index is -0.870. The Bertz CT molecular complexity index is 455. The number of carbonyl (C=O) groups is 1. The Morgan fingerprint density at radius 2 is 2.33 bits per heavy atom. The molecule has 0 saturated carbocycles. The number of ether oxygens (including phenoxy) is 1. The molecule has 1 aromatic carbocycles. The molecule has 4 nitrogen and oxygen atoms in total. The van der Waals surface area contributed by atoms with Crippen LogP contribution in [0.2, 0.25) is 0 Å². The van der Waals surface area contributed by atoms with Crippen molar-refractivity contribution in [3.05, 3.63) is 22.7 Å². The van der Waals surface area contributed by atoms with Crippen LogP contribution in [0.15, 0.2) is 27.6 Å². The molecule has 0 bridgehead atoms. The van der Waals surface area contributed by atoms with Crippen LogP contribution in [0.25, 0.3) is 0 Å². The molecule has 3 N–H and O–H groups in total. The van der Waals surface area contributed by atoms with E-state index in [9.17, 15) is 4.79 Å². The number of benzene rings is 1. The Balaban J connectivity index is 1.87. The van der Waals surface area contributed by atoms with Gasteiger partial charge in [-0.1, -0.05) is 15.9 Å². The maximum absolute atomic E-state index is 10.8. The van der Waals surface area contributed by atoms with Crippen molar-refractivity contribution in [2.24, 2.45) is 0 Å². The highest BCUT2D eigenvalue weighted by atomic mass is 79.9. The molecule has 18 heavy (non-hydrogen) atoms. The topological polar surface area (TPSA) is 72.6 Å². The van der Waals surface area contributed by atoms with Crippen LogP contribution in [0.1, 0.15) is 12.8 Å². The van der Waals surface area contributed by atoms with E-state index in [1.807, 2.05) is 18.2 Å². The van der Waals surface area contributed by atoms with Gasteiger partial charge in [-0.3, -0.25) is 0 Å². The summed E-state index contributed by atoms with van der Waals surface area (Å²) in [5, 5.41) is 8.83. The number of hydrogen-bond acceptors (Lipinski definition) is 4. The molecule has 1 fully saturated rings. The third-order valence-corrected chi connectivity index (χ3v) is 4.49. The highest BCUT2D eigenvalue weighted by Gasteiger charge is 2.30. The van der Waals surface area contributed by atoms with E-state index in [1.165, 1.54) is 0 Å². The molecular formula is C12H14BrNO3S. The Morgan fingerprint density at radius 3 is 2.94 bits per heavy atom. The largest absolute Gasteiger partial charge is 0.479 e. The first kappa shape index (κ1) is 13.7. The molecule has 0 amide bonds. The van der Waals surface area contributed by atoms with Crippen molar-refractivity contribution in [1.29, 1.82) is 0 Å². The number of nitrogens with two attached hydrogens (primary N) is 1. The van der Waals surface area contributed by atoms with E-state index in [-0.39, 0.29) is 6.10 Å². The molecule has 2 rings (SSSR count). The number of thioether (sulfide) groups is 1. The summed E-state index contributed by atoms with van der Waals surface area (Å²) in [5.41, 5.74) is 6.62. The molecule has 98 valence electrons. The van der Waals surface area contributed by atoms with Gasteiger partial charge in [-0.2, -0.15) is 0 Å². The molecular weight excluding hydrogens is 318 g/mol. The molecule has 1 aliphatic rings. The average Bonchev–Trinajstić information content (AvgIpc) is 2.76. The second-order valence-corrected chi connectivity index (χ2v) is 6.13. The van der Waals surface area contributed by atoms with Crippen molar-refractivity contribution in [2.45, 2.75) is 29.9 Å². The van der Waals surface area contributed by atoms with Gasteiger partial charge in [0.05, 0.1) is 6.10 Å². The lowest BCUT2D eigenvalue weighted by atomic mass is 10.2. The Labute approximate surface area is 118 Å². The highest BCUT2D eigenvalue weighted by Crippen LogP contribution is 2.31. The zero-order valence-corrected chi connectivity index (χ0v) is 12.0. The first-order valence-corrected chi connectivity index (χ1v) is 7.40. The first-order chi connectivity index (χ1) is 8.56. The lowest BCUT2D eigenvalue weighted by Crippen LogP contribution is -2.21. The predicted molar refractivity (Wildman–Crippen MR) is 74.8 cm³/mol. The van der Waals surface area contributed by atoms with E-state index in [0.717, 1.165) is 27.2 Å². The van der Waals surface area contributed by atoms with Gasteiger partial charge in [0.15, 0.2) is 6.10 Å². The van der Waals surface area contributed by atoms with E-state index in [4.69, 9.17) is 15.6 Å². The van der Waals surface area contributed by atoms with Gasteiger partial charge in [0, 0.05) is 20.8 Å². The summed E-state index contributed by atoms with van der Waals surface area (Å²) < 4.78 is 6.39. The van der Waals surface area contributed by atoms with Gasteiger partial charge in [-0.15, -0.1) is 11.8 Å². The Morgan fingerprint density at radius 1 is 1.56 bits per heavy atom. The minimum Gasteiger partial charge on any atom is -0.479 e. The summed E-state index contributed by atoms with van der Waals surface area (Å²) in [6, 6.07) is 5.75. The summed E-state index contributed by atoms with van der Waals surface area (Å²) in [6.45, 7) is 0. The van der Waals surface area contributed by atoms with Crippen LogP contribution in [-0.2, 0) is 9.53 Å². The minimum absolute atomic E-state index is 0.000790. The fourth-order valence-corrected chi connectivity index (χ4v) is 3.22. The SMILES string of the molecule is Nc1cc(Br)ccc1SCC1CCC(C(=O)O)O1. The van der Waals surface area contributed by atoms with E-state index < -0.39 is 12.1 Å².